The number of hydrazone groups is 1. The highest BCUT2D eigenvalue weighted by Gasteiger charge is 2.30. The van der Waals surface area contributed by atoms with Crippen LogP contribution in [0.4, 0.5) is 0 Å². The van der Waals surface area contributed by atoms with Gasteiger partial charge in [-0.1, -0.05) is 0 Å². The van der Waals surface area contributed by atoms with E-state index in [1.807, 2.05) is 19.2 Å². The lowest BCUT2D eigenvalue weighted by atomic mass is 10.0. The molecule has 0 bridgehead atoms. The molecule has 1 unspecified atom stereocenters. The van der Waals surface area contributed by atoms with E-state index in [0.717, 1.165) is 18.7 Å². The monoisotopic (exact) mass is 360 g/mol. The molecule has 0 amide bonds. The maximum Gasteiger partial charge on any atom is 0.179 e. The SMILES string of the molecule is CNC1=CC(N)(c2cc(OCCCN3CCCC3)c(OC)cn2)NN=C1. The molecular formula is C18H28N6O2. The van der Waals surface area contributed by atoms with E-state index in [1.54, 1.807) is 19.5 Å². The molecule has 8 heteroatoms. The number of aromatic nitrogens is 1. The Morgan fingerprint density at radius 1 is 1.35 bits per heavy atom. The van der Waals surface area contributed by atoms with Crippen LogP contribution in [-0.2, 0) is 5.66 Å². The molecule has 3 rings (SSSR count). The van der Waals surface area contributed by atoms with Gasteiger partial charge in [-0.15, -0.1) is 0 Å². The summed E-state index contributed by atoms with van der Waals surface area (Å²) < 4.78 is 11.3. The van der Waals surface area contributed by atoms with Gasteiger partial charge in [-0.05, 0) is 38.4 Å². The Bertz CT molecular complexity index is 672. The molecule has 0 radical (unpaired) electrons. The van der Waals surface area contributed by atoms with Crippen LogP contribution in [0, 0.1) is 0 Å². The number of allylic oxidation sites excluding steroid dienone is 1. The van der Waals surface area contributed by atoms with E-state index in [1.165, 1.54) is 25.9 Å². The molecule has 0 spiro atoms. The molecule has 4 N–H and O–H groups in total. The van der Waals surface area contributed by atoms with Crippen LogP contribution in [0.1, 0.15) is 25.0 Å². The largest absolute Gasteiger partial charge is 0.491 e. The van der Waals surface area contributed by atoms with Crippen LogP contribution >= 0.6 is 0 Å². The van der Waals surface area contributed by atoms with Gasteiger partial charge in [0.25, 0.3) is 0 Å². The van der Waals surface area contributed by atoms with Gasteiger partial charge in [0.1, 0.15) is 0 Å². The van der Waals surface area contributed by atoms with Gasteiger partial charge in [-0.25, -0.2) is 0 Å². The smallest absolute Gasteiger partial charge is 0.179 e. The minimum atomic E-state index is -1.01. The van der Waals surface area contributed by atoms with Crippen LogP contribution in [0.5, 0.6) is 11.5 Å². The van der Waals surface area contributed by atoms with Crippen molar-refractivity contribution in [3.05, 3.63) is 29.7 Å². The van der Waals surface area contributed by atoms with E-state index in [4.69, 9.17) is 15.2 Å². The highest BCUT2D eigenvalue weighted by molar-refractivity contribution is 5.78. The van der Waals surface area contributed by atoms with Gasteiger partial charge in [0.05, 0.1) is 37.5 Å². The number of ether oxygens (including phenoxy) is 2. The van der Waals surface area contributed by atoms with Crippen LogP contribution in [0.3, 0.4) is 0 Å². The molecule has 0 aliphatic carbocycles. The molecule has 2 aliphatic rings. The lowest BCUT2D eigenvalue weighted by Crippen LogP contribution is -2.49. The number of nitrogens with two attached hydrogens (primary N) is 1. The molecule has 8 nitrogen and oxygen atoms in total. The number of hydrogen-bond donors (Lipinski definition) is 3. The van der Waals surface area contributed by atoms with E-state index in [-0.39, 0.29) is 0 Å². The predicted octanol–water partition coefficient (Wildman–Crippen LogP) is 0.759. The van der Waals surface area contributed by atoms with Gasteiger partial charge in [-0.2, -0.15) is 5.10 Å². The first-order chi connectivity index (χ1) is 12.6. The molecule has 0 saturated carbocycles. The summed E-state index contributed by atoms with van der Waals surface area (Å²) >= 11 is 0. The van der Waals surface area contributed by atoms with Gasteiger partial charge in [0.15, 0.2) is 17.2 Å². The third kappa shape index (κ3) is 4.25. The fraction of sp³-hybridized carbons (Fsp3) is 0.556. The molecule has 142 valence electrons. The van der Waals surface area contributed by atoms with Crippen molar-refractivity contribution in [1.82, 2.24) is 20.6 Å². The number of hydrogen-bond acceptors (Lipinski definition) is 8. The van der Waals surface area contributed by atoms with E-state index < -0.39 is 5.66 Å². The molecule has 1 saturated heterocycles. The second-order valence-corrected chi connectivity index (χ2v) is 6.56. The summed E-state index contributed by atoms with van der Waals surface area (Å²) in [6.07, 6.45) is 8.72. The summed E-state index contributed by atoms with van der Waals surface area (Å²) in [7, 11) is 3.42. The van der Waals surface area contributed by atoms with Crippen molar-refractivity contribution < 1.29 is 9.47 Å². The number of likely N-dealkylation sites (tertiary alicyclic amines) is 1. The summed E-state index contributed by atoms with van der Waals surface area (Å²) in [5, 5.41) is 7.14. The molecule has 1 aromatic rings. The first-order valence-corrected chi connectivity index (χ1v) is 9.04. The molecule has 1 atom stereocenters. The Morgan fingerprint density at radius 2 is 2.15 bits per heavy atom. The van der Waals surface area contributed by atoms with Crippen molar-refractivity contribution in [3.63, 3.8) is 0 Å². The number of methoxy groups -OCH3 is 1. The Morgan fingerprint density at radius 3 is 2.88 bits per heavy atom. The number of nitrogens with zero attached hydrogens (tertiary/aromatic N) is 3. The van der Waals surface area contributed by atoms with Crippen LogP contribution < -0.4 is 25.9 Å². The first-order valence-electron chi connectivity index (χ1n) is 9.04. The van der Waals surface area contributed by atoms with Crippen molar-refractivity contribution >= 4 is 6.21 Å². The van der Waals surface area contributed by atoms with Crippen molar-refractivity contribution in [3.8, 4) is 11.5 Å². The fourth-order valence-electron chi connectivity index (χ4n) is 3.18. The van der Waals surface area contributed by atoms with Gasteiger partial charge >= 0.3 is 0 Å². The fourth-order valence-corrected chi connectivity index (χ4v) is 3.18. The maximum absolute atomic E-state index is 6.44. The molecule has 0 aromatic carbocycles. The van der Waals surface area contributed by atoms with Crippen molar-refractivity contribution in [2.24, 2.45) is 10.8 Å². The number of rotatable bonds is 8. The quantitative estimate of drug-likeness (QED) is 0.589. The molecule has 26 heavy (non-hydrogen) atoms. The van der Waals surface area contributed by atoms with Crippen LogP contribution in [0.25, 0.3) is 0 Å². The minimum Gasteiger partial charge on any atom is -0.491 e. The van der Waals surface area contributed by atoms with Crippen LogP contribution in [0.2, 0.25) is 0 Å². The second-order valence-electron chi connectivity index (χ2n) is 6.56. The lowest BCUT2D eigenvalue weighted by molar-refractivity contribution is 0.253. The lowest BCUT2D eigenvalue weighted by Gasteiger charge is -2.29. The van der Waals surface area contributed by atoms with E-state index in [2.05, 4.69) is 25.7 Å². The molecular weight excluding hydrogens is 332 g/mol. The summed E-state index contributed by atoms with van der Waals surface area (Å²) in [5.74, 6) is 1.23. The van der Waals surface area contributed by atoms with Gasteiger partial charge < -0.3 is 19.7 Å². The molecule has 1 fully saturated rings. The Kier molecular flexibility index (Phi) is 5.95. The highest BCUT2D eigenvalue weighted by atomic mass is 16.5. The Balaban J connectivity index is 1.68. The summed E-state index contributed by atoms with van der Waals surface area (Å²) in [6, 6.07) is 1.81. The van der Waals surface area contributed by atoms with E-state index >= 15 is 0 Å². The maximum atomic E-state index is 6.44. The van der Waals surface area contributed by atoms with Gasteiger partial charge in [-0.3, -0.25) is 16.1 Å². The van der Waals surface area contributed by atoms with Crippen LogP contribution in [0.15, 0.2) is 29.1 Å². The summed E-state index contributed by atoms with van der Waals surface area (Å²) in [5.41, 5.74) is 9.77. The third-order valence-corrected chi connectivity index (χ3v) is 4.68. The van der Waals surface area contributed by atoms with Crippen molar-refractivity contribution in [2.75, 3.05) is 40.4 Å². The normalized spacial score (nSPS) is 22.7. The zero-order valence-electron chi connectivity index (χ0n) is 15.5. The van der Waals surface area contributed by atoms with E-state index in [9.17, 15) is 0 Å². The number of nitrogens with one attached hydrogen (secondary N) is 2. The first kappa shape index (κ1) is 18.5. The van der Waals surface area contributed by atoms with Crippen LogP contribution in [-0.4, -0.2) is 56.5 Å². The standard InChI is InChI=1S/C18H28N6O2/c1-20-14-11-18(19,23-22-12-14)17-10-15(16(25-2)13-21-17)26-9-5-8-24-6-3-4-7-24/h10-13,20,23H,3-9,19H2,1-2H3. The van der Waals surface area contributed by atoms with Gasteiger partial charge in [0.2, 0.25) is 0 Å². The third-order valence-electron chi connectivity index (χ3n) is 4.68. The van der Waals surface area contributed by atoms with E-state index in [0.29, 0.717) is 23.8 Å². The molecule has 1 aromatic heterocycles. The zero-order valence-corrected chi connectivity index (χ0v) is 15.5. The van der Waals surface area contributed by atoms with Crippen molar-refractivity contribution in [2.45, 2.75) is 24.9 Å². The second kappa shape index (κ2) is 8.37. The predicted molar refractivity (Wildman–Crippen MR) is 101 cm³/mol. The molecule has 3 heterocycles. The zero-order chi connectivity index (χ0) is 18.4. The summed E-state index contributed by atoms with van der Waals surface area (Å²) in [4.78, 5) is 6.89. The number of pyridine rings is 1. The highest BCUT2D eigenvalue weighted by Crippen LogP contribution is 2.30. The summed E-state index contributed by atoms with van der Waals surface area (Å²) in [6.45, 7) is 4.08. The Hall–Kier alpha value is -2.32. The average Bonchev–Trinajstić information content (AvgIpc) is 3.18. The van der Waals surface area contributed by atoms with Crippen molar-refractivity contribution in [1.29, 1.82) is 0 Å². The molecule has 2 aliphatic heterocycles. The van der Waals surface area contributed by atoms with Gasteiger partial charge in [0, 0.05) is 19.7 Å². The topological polar surface area (TPSA) is 97.0 Å². The Labute approximate surface area is 154 Å². The minimum absolute atomic E-state index is 0.593. The average molecular weight is 360 g/mol.